The Labute approximate surface area is 201 Å². The van der Waals surface area contributed by atoms with Gasteiger partial charge in [0.15, 0.2) is 0 Å². The van der Waals surface area contributed by atoms with Gasteiger partial charge in [0, 0.05) is 19.1 Å². The average Bonchev–Trinajstić information content (AvgIpc) is 2.80. The average molecular weight is 467 g/mol. The van der Waals surface area contributed by atoms with Crippen LogP contribution in [0, 0.1) is 5.92 Å². The van der Waals surface area contributed by atoms with E-state index in [1.54, 1.807) is 25.7 Å². The summed E-state index contributed by atoms with van der Waals surface area (Å²) in [5.74, 6) is -0.975. The second-order valence-electron chi connectivity index (χ2n) is 9.64. The van der Waals surface area contributed by atoms with Crippen molar-refractivity contribution in [3.63, 3.8) is 0 Å². The fourth-order valence-electron chi connectivity index (χ4n) is 4.20. The Hall–Kier alpha value is -3.35. The first kappa shape index (κ1) is 25.3. The highest BCUT2D eigenvalue weighted by Gasteiger charge is 2.35. The van der Waals surface area contributed by atoms with Gasteiger partial charge in [-0.05, 0) is 50.3 Å². The maximum Gasteiger partial charge on any atom is 0.407 e. The van der Waals surface area contributed by atoms with Crippen molar-refractivity contribution in [3.8, 4) is 0 Å². The number of benzene rings is 2. The third-order valence-electron chi connectivity index (χ3n) is 5.83. The second-order valence-corrected chi connectivity index (χ2v) is 9.64. The van der Waals surface area contributed by atoms with E-state index in [2.05, 4.69) is 5.32 Å². The predicted octanol–water partition coefficient (Wildman–Crippen LogP) is 3.89. The molecular weight excluding hydrogens is 432 g/mol. The Morgan fingerprint density at radius 1 is 1.03 bits per heavy atom. The molecule has 7 nitrogen and oxygen atoms in total. The monoisotopic (exact) mass is 466 g/mol. The molecule has 1 aliphatic rings. The van der Waals surface area contributed by atoms with Gasteiger partial charge in [0.05, 0.1) is 19.4 Å². The zero-order chi connectivity index (χ0) is 24.7. The van der Waals surface area contributed by atoms with Gasteiger partial charge in [0.25, 0.3) is 0 Å². The number of carbonyl (C=O) groups excluding carboxylic acids is 3. The molecule has 34 heavy (non-hydrogen) atoms. The van der Waals surface area contributed by atoms with Gasteiger partial charge in [-0.3, -0.25) is 9.59 Å². The normalized spacial score (nSPS) is 16.2. The number of hydrogen-bond acceptors (Lipinski definition) is 5. The van der Waals surface area contributed by atoms with E-state index in [-0.39, 0.29) is 30.9 Å². The fourth-order valence-corrected chi connectivity index (χ4v) is 4.20. The number of nitrogens with one attached hydrogen (secondary N) is 1. The number of nitrogens with zero attached hydrogens (tertiary/aromatic N) is 1. The number of hydrogen-bond donors (Lipinski definition) is 1. The lowest BCUT2D eigenvalue weighted by atomic mass is 9.89. The summed E-state index contributed by atoms with van der Waals surface area (Å²) >= 11 is 0. The summed E-state index contributed by atoms with van der Waals surface area (Å²) in [4.78, 5) is 40.1. The highest BCUT2D eigenvalue weighted by Crippen LogP contribution is 2.27. The summed E-state index contributed by atoms with van der Waals surface area (Å²) in [6.07, 6.45) is 0.592. The summed E-state index contributed by atoms with van der Waals surface area (Å²) in [7, 11) is 1.36. The molecule has 0 aliphatic carbocycles. The van der Waals surface area contributed by atoms with E-state index in [4.69, 9.17) is 9.47 Å². The number of amides is 2. The molecule has 0 spiro atoms. The molecule has 0 saturated carbocycles. The maximum absolute atomic E-state index is 13.9. The van der Waals surface area contributed by atoms with E-state index in [0.717, 1.165) is 16.7 Å². The molecular formula is C27H34N2O5. The van der Waals surface area contributed by atoms with Crippen molar-refractivity contribution in [2.24, 2.45) is 5.92 Å². The third kappa shape index (κ3) is 7.07. The Bertz CT molecular complexity index is 1000. The number of rotatable bonds is 7. The molecule has 0 unspecified atom stereocenters. The van der Waals surface area contributed by atoms with Crippen LogP contribution in [0.3, 0.4) is 0 Å². The Morgan fingerprint density at radius 2 is 1.68 bits per heavy atom. The van der Waals surface area contributed by atoms with Crippen molar-refractivity contribution in [2.75, 3.05) is 13.7 Å². The molecule has 0 saturated heterocycles. The number of esters is 1. The van der Waals surface area contributed by atoms with Crippen molar-refractivity contribution in [2.45, 2.75) is 58.2 Å². The van der Waals surface area contributed by atoms with E-state index in [9.17, 15) is 14.4 Å². The van der Waals surface area contributed by atoms with Gasteiger partial charge < -0.3 is 19.7 Å². The number of fused-ring (bicyclic) bond motifs is 1. The Morgan fingerprint density at radius 3 is 2.32 bits per heavy atom. The highest BCUT2D eigenvalue weighted by molar-refractivity contribution is 5.82. The van der Waals surface area contributed by atoms with E-state index < -0.39 is 17.6 Å². The minimum atomic E-state index is -0.634. The van der Waals surface area contributed by atoms with Crippen LogP contribution in [-0.2, 0) is 38.4 Å². The van der Waals surface area contributed by atoms with Crippen molar-refractivity contribution >= 4 is 18.0 Å². The number of methoxy groups -OCH3 is 1. The minimum Gasteiger partial charge on any atom is -0.469 e. The van der Waals surface area contributed by atoms with Crippen molar-refractivity contribution in [3.05, 3.63) is 71.3 Å². The van der Waals surface area contributed by atoms with Crippen LogP contribution < -0.4 is 5.32 Å². The molecule has 3 rings (SSSR count). The van der Waals surface area contributed by atoms with Crippen molar-refractivity contribution < 1.29 is 23.9 Å². The van der Waals surface area contributed by atoms with Crippen molar-refractivity contribution in [1.29, 1.82) is 0 Å². The zero-order valence-electron chi connectivity index (χ0n) is 20.4. The molecule has 0 bridgehead atoms. The lowest BCUT2D eigenvalue weighted by Crippen LogP contribution is -2.50. The molecule has 0 radical (unpaired) electrons. The molecule has 7 heteroatoms. The molecule has 2 amide bonds. The van der Waals surface area contributed by atoms with Crippen molar-refractivity contribution in [1.82, 2.24) is 10.2 Å². The summed E-state index contributed by atoms with van der Waals surface area (Å²) in [5, 5.41) is 2.77. The molecule has 1 N–H and O–H groups in total. The smallest absolute Gasteiger partial charge is 0.407 e. The SMILES string of the molecule is COC(=O)C[C@@H]1Cc2ccccc2CN1C(=O)[C@@H](CNC(=O)OC(C)(C)C)Cc1ccccc1. The van der Waals surface area contributed by atoms with Gasteiger partial charge in [-0.15, -0.1) is 0 Å². The van der Waals surface area contributed by atoms with Gasteiger partial charge in [-0.25, -0.2) is 4.79 Å². The van der Waals surface area contributed by atoms with E-state index >= 15 is 0 Å². The molecule has 2 aromatic carbocycles. The van der Waals surface area contributed by atoms with Crippen LogP contribution >= 0.6 is 0 Å². The van der Waals surface area contributed by atoms with Gasteiger partial charge >= 0.3 is 12.1 Å². The summed E-state index contributed by atoms with van der Waals surface area (Å²) < 4.78 is 10.3. The molecule has 182 valence electrons. The van der Waals surface area contributed by atoms with Crippen LogP contribution in [0.5, 0.6) is 0 Å². The number of ether oxygens (including phenoxy) is 2. The molecule has 2 aromatic rings. The molecule has 2 atom stereocenters. The Balaban J connectivity index is 1.84. The quantitative estimate of drug-likeness (QED) is 0.626. The van der Waals surface area contributed by atoms with Crippen LogP contribution in [0.4, 0.5) is 4.79 Å². The van der Waals surface area contributed by atoms with E-state index in [0.29, 0.717) is 19.4 Å². The summed E-state index contributed by atoms with van der Waals surface area (Å²) in [5.41, 5.74) is 2.56. The van der Waals surface area contributed by atoms with Crippen LogP contribution in [0.15, 0.2) is 54.6 Å². The van der Waals surface area contributed by atoms with Gasteiger partial charge in [0.2, 0.25) is 5.91 Å². The summed E-state index contributed by atoms with van der Waals surface area (Å²) in [6, 6.07) is 17.4. The lowest BCUT2D eigenvalue weighted by Gasteiger charge is -2.38. The molecule has 0 fully saturated rings. The van der Waals surface area contributed by atoms with Crippen LogP contribution in [0.2, 0.25) is 0 Å². The van der Waals surface area contributed by atoms with Crippen LogP contribution in [0.1, 0.15) is 43.9 Å². The zero-order valence-corrected chi connectivity index (χ0v) is 20.4. The largest absolute Gasteiger partial charge is 0.469 e. The number of carbonyl (C=O) groups is 3. The highest BCUT2D eigenvalue weighted by atomic mass is 16.6. The summed E-state index contributed by atoms with van der Waals surface area (Å²) in [6.45, 7) is 5.92. The minimum absolute atomic E-state index is 0.108. The molecule has 1 heterocycles. The molecule has 1 aliphatic heterocycles. The first-order valence-electron chi connectivity index (χ1n) is 11.6. The van der Waals surface area contributed by atoms with Gasteiger partial charge in [0.1, 0.15) is 5.60 Å². The first-order chi connectivity index (χ1) is 16.2. The predicted molar refractivity (Wildman–Crippen MR) is 129 cm³/mol. The molecule has 0 aromatic heterocycles. The fraction of sp³-hybridized carbons (Fsp3) is 0.444. The standard InChI is InChI=1S/C27H34N2O5/c1-27(2,3)34-26(32)28-17-22(14-19-10-6-5-7-11-19)25(31)29-18-21-13-9-8-12-20(21)15-23(29)16-24(30)33-4/h5-13,22-23H,14-18H2,1-4H3,(H,28,32)/t22-,23+/m1/s1. The second kappa shape index (κ2) is 11.2. The third-order valence-corrected chi connectivity index (χ3v) is 5.83. The Kier molecular flexibility index (Phi) is 8.31. The van der Waals surface area contributed by atoms with Crippen LogP contribution in [-0.4, -0.2) is 48.2 Å². The van der Waals surface area contributed by atoms with Gasteiger partial charge in [-0.1, -0.05) is 54.6 Å². The van der Waals surface area contributed by atoms with Gasteiger partial charge in [-0.2, -0.15) is 0 Å². The lowest BCUT2D eigenvalue weighted by molar-refractivity contribution is -0.145. The van der Waals surface area contributed by atoms with E-state index in [1.807, 2.05) is 54.6 Å². The van der Waals surface area contributed by atoms with Crippen LogP contribution in [0.25, 0.3) is 0 Å². The maximum atomic E-state index is 13.9. The number of alkyl carbamates (subject to hydrolysis) is 1. The topological polar surface area (TPSA) is 84.9 Å². The van der Waals surface area contributed by atoms with E-state index in [1.165, 1.54) is 7.11 Å². The first-order valence-corrected chi connectivity index (χ1v) is 11.6.